The Bertz CT molecular complexity index is 1010. The predicted octanol–water partition coefficient (Wildman–Crippen LogP) is 2.72. The van der Waals surface area contributed by atoms with Crippen LogP contribution in [-0.4, -0.2) is 37.3 Å². The van der Waals surface area contributed by atoms with Crippen LogP contribution in [0.3, 0.4) is 0 Å². The van der Waals surface area contributed by atoms with E-state index >= 15 is 0 Å². The SMILES string of the molecule is CN(C)S(=O)(=O)c1ccccc1CNC(=O)c1sccc1-n1cccc1. The molecule has 1 N–H and O–H groups in total. The monoisotopic (exact) mass is 389 g/mol. The van der Waals surface area contributed by atoms with Gasteiger partial charge < -0.3 is 9.88 Å². The molecule has 0 aliphatic heterocycles. The number of thiophene rings is 1. The fraction of sp³-hybridized carbons (Fsp3) is 0.167. The smallest absolute Gasteiger partial charge is 0.263 e. The molecule has 3 rings (SSSR count). The van der Waals surface area contributed by atoms with E-state index in [1.54, 1.807) is 24.3 Å². The average Bonchev–Trinajstić information content (AvgIpc) is 3.30. The zero-order valence-corrected chi connectivity index (χ0v) is 16.0. The Morgan fingerprint density at radius 2 is 1.81 bits per heavy atom. The van der Waals surface area contributed by atoms with Gasteiger partial charge in [-0.3, -0.25) is 4.79 Å². The lowest BCUT2D eigenvalue weighted by Crippen LogP contribution is -2.27. The van der Waals surface area contributed by atoms with Gasteiger partial charge in [-0.05, 0) is 35.2 Å². The van der Waals surface area contributed by atoms with Crippen LogP contribution in [0.4, 0.5) is 0 Å². The normalized spacial score (nSPS) is 11.7. The van der Waals surface area contributed by atoms with E-state index in [9.17, 15) is 13.2 Å². The van der Waals surface area contributed by atoms with Crippen LogP contribution in [0, 0.1) is 0 Å². The molecule has 3 aromatic rings. The average molecular weight is 390 g/mol. The molecule has 0 unspecified atom stereocenters. The highest BCUT2D eigenvalue weighted by atomic mass is 32.2. The number of nitrogens with zero attached hydrogens (tertiary/aromatic N) is 2. The van der Waals surface area contributed by atoms with E-state index < -0.39 is 10.0 Å². The van der Waals surface area contributed by atoms with Crippen LogP contribution in [0.15, 0.2) is 65.1 Å². The van der Waals surface area contributed by atoms with Gasteiger partial charge in [-0.1, -0.05) is 18.2 Å². The molecule has 0 radical (unpaired) electrons. The van der Waals surface area contributed by atoms with E-state index in [0.717, 1.165) is 9.99 Å². The molecule has 0 saturated heterocycles. The quantitative estimate of drug-likeness (QED) is 0.705. The zero-order valence-electron chi connectivity index (χ0n) is 14.4. The number of hydrogen-bond acceptors (Lipinski definition) is 4. The number of benzene rings is 1. The zero-order chi connectivity index (χ0) is 18.7. The summed E-state index contributed by atoms with van der Waals surface area (Å²) in [6, 6.07) is 12.3. The Morgan fingerprint density at radius 3 is 2.50 bits per heavy atom. The van der Waals surface area contributed by atoms with E-state index in [1.807, 2.05) is 40.5 Å². The summed E-state index contributed by atoms with van der Waals surface area (Å²) in [5.74, 6) is -0.235. The molecular weight excluding hydrogens is 370 g/mol. The van der Waals surface area contributed by atoms with Crippen LogP contribution in [0.2, 0.25) is 0 Å². The molecule has 0 aliphatic carbocycles. The van der Waals surface area contributed by atoms with Crippen LogP contribution in [0.5, 0.6) is 0 Å². The second kappa shape index (κ2) is 7.45. The minimum Gasteiger partial charge on any atom is -0.347 e. The van der Waals surface area contributed by atoms with Gasteiger partial charge in [-0.25, -0.2) is 12.7 Å². The number of nitrogens with one attached hydrogen (secondary N) is 1. The summed E-state index contributed by atoms with van der Waals surface area (Å²) >= 11 is 1.35. The largest absolute Gasteiger partial charge is 0.347 e. The third-order valence-electron chi connectivity index (χ3n) is 3.90. The van der Waals surface area contributed by atoms with Crippen LogP contribution < -0.4 is 5.32 Å². The van der Waals surface area contributed by atoms with Crippen molar-refractivity contribution < 1.29 is 13.2 Å². The summed E-state index contributed by atoms with van der Waals surface area (Å²) in [5, 5.41) is 4.69. The van der Waals surface area contributed by atoms with Crippen LogP contribution in [-0.2, 0) is 16.6 Å². The molecule has 0 aliphatic rings. The molecule has 6 nitrogen and oxygen atoms in total. The van der Waals surface area contributed by atoms with Crippen LogP contribution in [0.25, 0.3) is 5.69 Å². The van der Waals surface area contributed by atoms with E-state index in [1.165, 1.54) is 25.4 Å². The van der Waals surface area contributed by atoms with E-state index in [2.05, 4.69) is 5.32 Å². The van der Waals surface area contributed by atoms with Crippen molar-refractivity contribution in [3.63, 3.8) is 0 Å². The Morgan fingerprint density at radius 1 is 1.12 bits per heavy atom. The molecule has 8 heteroatoms. The van der Waals surface area contributed by atoms with E-state index in [-0.39, 0.29) is 17.3 Å². The second-order valence-electron chi connectivity index (χ2n) is 5.80. The number of hydrogen-bond donors (Lipinski definition) is 1. The third kappa shape index (κ3) is 3.57. The van der Waals surface area contributed by atoms with Crippen molar-refractivity contribution >= 4 is 27.3 Å². The molecule has 2 heterocycles. The van der Waals surface area contributed by atoms with Crippen molar-refractivity contribution in [1.29, 1.82) is 0 Å². The molecule has 0 spiro atoms. The Kier molecular flexibility index (Phi) is 5.26. The van der Waals surface area contributed by atoms with Gasteiger partial charge in [0.05, 0.1) is 10.6 Å². The maximum absolute atomic E-state index is 12.6. The first-order valence-electron chi connectivity index (χ1n) is 7.90. The first-order chi connectivity index (χ1) is 12.4. The lowest BCUT2D eigenvalue weighted by atomic mass is 10.2. The molecular formula is C18H19N3O3S2. The molecule has 26 heavy (non-hydrogen) atoms. The maximum atomic E-state index is 12.6. The maximum Gasteiger partial charge on any atom is 0.263 e. The number of rotatable bonds is 6. The van der Waals surface area contributed by atoms with E-state index in [0.29, 0.717) is 10.4 Å². The molecule has 136 valence electrons. The minimum absolute atomic E-state index is 0.130. The number of carbonyl (C=O) groups is 1. The van der Waals surface area contributed by atoms with E-state index in [4.69, 9.17) is 0 Å². The predicted molar refractivity (Wildman–Crippen MR) is 102 cm³/mol. The van der Waals surface area contributed by atoms with Gasteiger partial charge in [-0.2, -0.15) is 0 Å². The van der Waals surface area contributed by atoms with Crippen LogP contribution in [0.1, 0.15) is 15.2 Å². The summed E-state index contributed by atoms with van der Waals surface area (Å²) < 4.78 is 27.9. The molecule has 2 aromatic heterocycles. The lowest BCUT2D eigenvalue weighted by Gasteiger charge is -2.15. The van der Waals surface area contributed by atoms with Crippen molar-refractivity contribution in [2.24, 2.45) is 0 Å². The number of sulfonamides is 1. The van der Waals surface area contributed by atoms with Crippen molar-refractivity contribution in [1.82, 2.24) is 14.2 Å². The van der Waals surface area contributed by atoms with Crippen molar-refractivity contribution in [3.05, 3.63) is 70.7 Å². The van der Waals surface area contributed by atoms with Crippen LogP contribution >= 0.6 is 11.3 Å². The Hall–Kier alpha value is -2.42. The second-order valence-corrected chi connectivity index (χ2v) is 8.84. The van der Waals surface area contributed by atoms with Gasteiger partial charge in [-0.15, -0.1) is 11.3 Å². The lowest BCUT2D eigenvalue weighted by molar-refractivity contribution is 0.0954. The minimum atomic E-state index is -3.57. The Balaban J connectivity index is 1.81. The number of carbonyl (C=O) groups excluding carboxylic acids is 1. The Labute approximate surface area is 156 Å². The summed E-state index contributed by atoms with van der Waals surface area (Å²) in [6.45, 7) is 0.130. The van der Waals surface area contributed by atoms with Gasteiger partial charge in [0.25, 0.3) is 5.91 Å². The summed E-state index contributed by atoms with van der Waals surface area (Å²) in [4.78, 5) is 13.4. The van der Waals surface area contributed by atoms with Crippen molar-refractivity contribution in [2.75, 3.05) is 14.1 Å². The highest BCUT2D eigenvalue weighted by Crippen LogP contribution is 2.22. The number of amides is 1. The summed E-state index contributed by atoms with van der Waals surface area (Å²) in [7, 11) is -0.601. The van der Waals surface area contributed by atoms with Gasteiger partial charge in [0.2, 0.25) is 10.0 Å². The van der Waals surface area contributed by atoms with Gasteiger partial charge >= 0.3 is 0 Å². The third-order valence-corrected chi connectivity index (χ3v) is 6.72. The van der Waals surface area contributed by atoms with Crippen molar-refractivity contribution in [3.8, 4) is 5.69 Å². The molecule has 0 fully saturated rings. The van der Waals surface area contributed by atoms with Gasteiger partial charge in [0.15, 0.2) is 0 Å². The number of aromatic nitrogens is 1. The molecule has 0 atom stereocenters. The molecule has 0 saturated carbocycles. The highest BCUT2D eigenvalue weighted by Gasteiger charge is 2.21. The fourth-order valence-electron chi connectivity index (χ4n) is 2.52. The summed E-state index contributed by atoms with van der Waals surface area (Å²) in [6.07, 6.45) is 3.75. The topological polar surface area (TPSA) is 71.4 Å². The first kappa shape index (κ1) is 18.4. The highest BCUT2D eigenvalue weighted by molar-refractivity contribution is 7.89. The van der Waals surface area contributed by atoms with Crippen molar-refractivity contribution in [2.45, 2.75) is 11.4 Å². The first-order valence-corrected chi connectivity index (χ1v) is 10.2. The van der Waals surface area contributed by atoms with Gasteiger partial charge in [0, 0.05) is 33.0 Å². The summed E-state index contributed by atoms with van der Waals surface area (Å²) in [5.41, 5.74) is 1.35. The standard InChI is InChI=1S/C18H19N3O3S2/c1-20(2)26(23,24)16-8-4-3-7-14(16)13-19-18(22)17-15(9-12-25-17)21-10-5-6-11-21/h3-12H,13H2,1-2H3,(H,19,22). The molecule has 1 aromatic carbocycles. The fourth-order valence-corrected chi connectivity index (χ4v) is 4.45. The van der Waals surface area contributed by atoms with Gasteiger partial charge in [0.1, 0.15) is 4.88 Å². The molecule has 0 bridgehead atoms. The molecule has 1 amide bonds.